The monoisotopic (exact) mass is 418 g/mol. The van der Waals surface area contributed by atoms with Gasteiger partial charge in [0.1, 0.15) is 17.3 Å². The van der Waals surface area contributed by atoms with Crippen LogP contribution in [0.5, 0.6) is 5.75 Å². The van der Waals surface area contributed by atoms with E-state index in [1.165, 1.54) is 23.1 Å². The summed E-state index contributed by atoms with van der Waals surface area (Å²) in [7, 11) is 1.67. The van der Waals surface area contributed by atoms with Gasteiger partial charge in [-0.2, -0.15) is 0 Å². The third-order valence-electron chi connectivity index (χ3n) is 6.09. The van der Waals surface area contributed by atoms with Gasteiger partial charge in [0, 0.05) is 35.8 Å². The Morgan fingerprint density at radius 1 is 1.10 bits per heavy atom. The number of methoxy groups -OCH3 is 1. The Bertz CT molecular complexity index is 1220. The molecule has 5 rings (SSSR count). The van der Waals surface area contributed by atoms with Crippen LogP contribution in [0.15, 0.2) is 65.2 Å². The lowest BCUT2D eigenvalue weighted by Crippen LogP contribution is -2.37. The second-order valence-electron chi connectivity index (χ2n) is 7.89. The van der Waals surface area contributed by atoms with Gasteiger partial charge in [-0.15, -0.1) is 0 Å². The number of amides is 1. The highest BCUT2D eigenvalue weighted by Gasteiger charge is 2.27. The summed E-state index contributed by atoms with van der Waals surface area (Å²) < 4.78 is 24.3. The van der Waals surface area contributed by atoms with Gasteiger partial charge in [0.15, 0.2) is 5.76 Å². The number of aromatic amines is 1. The third kappa shape index (κ3) is 3.69. The first-order valence-electron chi connectivity index (χ1n) is 10.4. The van der Waals surface area contributed by atoms with Crippen molar-refractivity contribution in [1.82, 2.24) is 9.88 Å². The number of carbonyl (C=O) groups is 1. The number of furan rings is 1. The molecule has 3 heterocycles. The average Bonchev–Trinajstić information content (AvgIpc) is 3.46. The first-order chi connectivity index (χ1) is 15.1. The zero-order chi connectivity index (χ0) is 21.4. The lowest BCUT2D eigenvalue weighted by Gasteiger charge is -2.31. The Kier molecular flexibility index (Phi) is 4.98. The largest absolute Gasteiger partial charge is 0.497 e. The van der Waals surface area contributed by atoms with Gasteiger partial charge in [-0.05, 0) is 78.9 Å². The van der Waals surface area contributed by atoms with Gasteiger partial charge in [-0.3, -0.25) is 4.79 Å². The molecule has 0 aliphatic carbocycles. The molecule has 1 fully saturated rings. The molecule has 5 nitrogen and oxygen atoms in total. The van der Waals surface area contributed by atoms with Crippen LogP contribution in [0.3, 0.4) is 0 Å². The van der Waals surface area contributed by atoms with E-state index >= 15 is 0 Å². The summed E-state index contributed by atoms with van der Waals surface area (Å²) in [6.07, 6.45) is 3.86. The molecule has 158 valence electrons. The maximum atomic E-state index is 13.1. The first-order valence-corrected chi connectivity index (χ1v) is 10.4. The number of carbonyl (C=O) groups excluding carboxylic acids is 1. The summed E-state index contributed by atoms with van der Waals surface area (Å²) in [5.41, 5.74) is 3.12. The van der Waals surface area contributed by atoms with Crippen LogP contribution in [0.4, 0.5) is 4.39 Å². The van der Waals surface area contributed by atoms with E-state index in [2.05, 4.69) is 17.2 Å². The van der Waals surface area contributed by atoms with Crippen LogP contribution in [-0.4, -0.2) is 36.0 Å². The van der Waals surface area contributed by atoms with Crippen molar-refractivity contribution < 1.29 is 18.3 Å². The summed E-state index contributed by atoms with van der Waals surface area (Å²) >= 11 is 0. The second kappa shape index (κ2) is 7.95. The number of nitrogens with one attached hydrogen (secondary N) is 1. The number of rotatable bonds is 4. The van der Waals surface area contributed by atoms with E-state index < -0.39 is 0 Å². The topological polar surface area (TPSA) is 58.5 Å². The van der Waals surface area contributed by atoms with Crippen molar-refractivity contribution >= 4 is 16.8 Å². The number of aromatic nitrogens is 1. The summed E-state index contributed by atoms with van der Waals surface area (Å²) in [6.45, 7) is 1.35. The van der Waals surface area contributed by atoms with Crippen LogP contribution >= 0.6 is 0 Å². The molecule has 0 spiro atoms. The Labute approximate surface area is 179 Å². The quantitative estimate of drug-likeness (QED) is 0.470. The Hall–Kier alpha value is -3.54. The SMILES string of the molecule is COc1ccc2[nH]cc(C3CCN(C(=O)c4ccc(-c5ccc(F)cc5)o4)CC3)c2c1. The number of fused-ring (bicyclic) bond motifs is 1. The number of benzene rings is 2. The Balaban J connectivity index is 1.28. The number of ether oxygens (including phenoxy) is 1. The van der Waals surface area contributed by atoms with Crippen molar-refractivity contribution in [3.05, 3.63) is 77.9 Å². The minimum Gasteiger partial charge on any atom is -0.497 e. The zero-order valence-corrected chi connectivity index (χ0v) is 17.2. The molecule has 0 saturated carbocycles. The van der Waals surface area contributed by atoms with Crippen LogP contribution in [-0.2, 0) is 0 Å². The number of piperidine rings is 1. The smallest absolute Gasteiger partial charge is 0.289 e. The number of nitrogens with zero attached hydrogens (tertiary/aromatic N) is 1. The molecule has 31 heavy (non-hydrogen) atoms. The minimum absolute atomic E-state index is 0.104. The summed E-state index contributed by atoms with van der Waals surface area (Å²) in [6, 6.07) is 15.5. The third-order valence-corrected chi connectivity index (χ3v) is 6.09. The standard InChI is InChI=1S/C25H23FN2O3/c1-30-19-6-7-22-20(14-19)21(15-27-22)16-10-12-28(13-11-16)25(29)24-9-8-23(31-24)17-2-4-18(26)5-3-17/h2-9,14-16,27H,10-13H2,1H3. The molecule has 0 unspecified atom stereocenters. The Morgan fingerprint density at radius 2 is 1.87 bits per heavy atom. The molecule has 1 aliphatic rings. The molecule has 0 atom stereocenters. The fourth-order valence-electron chi connectivity index (χ4n) is 4.36. The van der Waals surface area contributed by atoms with Crippen molar-refractivity contribution in [2.24, 2.45) is 0 Å². The van der Waals surface area contributed by atoms with Gasteiger partial charge in [0.2, 0.25) is 0 Å². The van der Waals surface area contributed by atoms with E-state index in [0.29, 0.717) is 30.5 Å². The highest BCUT2D eigenvalue weighted by Crippen LogP contribution is 2.35. The van der Waals surface area contributed by atoms with E-state index in [-0.39, 0.29) is 11.7 Å². The van der Waals surface area contributed by atoms with E-state index in [9.17, 15) is 9.18 Å². The maximum absolute atomic E-state index is 13.1. The van der Waals surface area contributed by atoms with Gasteiger partial charge in [-0.1, -0.05) is 0 Å². The lowest BCUT2D eigenvalue weighted by atomic mass is 9.89. The van der Waals surface area contributed by atoms with Gasteiger partial charge >= 0.3 is 0 Å². The molecule has 2 aromatic carbocycles. The van der Waals surface area contributed by atoms with E-state index in [1.807, 2.05) is 17.0 Å². The van der Waals surface area contributed by atoms with Crippen molar-refractivity contribution in [2.45, 2.75) is 18.8 Å². The van der Waals surface area contributed by atoms with Crippen LogP contribution in [0.1, 0.15) is 34.9 Å². The number of H-pyrrole nitrogens is 1. The van der Waals surface area contributed by atoms with Crippen LogP contribution in [0, 0.1) is 5.82 Å². The lowest BCUT2D eigenvalue weighted by molar-refractivity contribution is 0.0682. The second-order valence-corrected chi connectivity index (χ2v) is 7.89. The summed E-state index contributed by atoms with van der Waals surface area (Å²) in [4.78, 5) is 18.1. The van der Waals surface area contributed by atoms with Crippen molar-refractivity contribution in [2.75, 3.05) is 20.2 Å². The Morgan fingerprint density at radius 3 is 2.61 bits per heavy atom. The molecule has 2 aromatic heterocycles. The number of hydrogen-bond acceptors (Lipinski definition) is 3. The molecule has 0 radical (unpaired) electrons. The summed E-state index contributed by atoms with van der Waals surface area (Å²) in [5.74, 6) is 1.70. The molecule has 4 aromatic rings. The van der Waals surface area contributed by atoms with Gasteiger partial charge in [-0.25, -0.2) is 4.39 Å². The molecule has 1 aliphatic heterocycles. The van der Waals surface area contributed by atoms with Crippen molar-refractivity contribution in [3.63, 3.8) is 0 Å². The van der Waals surface area contributed by atoms with Crippen molar-refractivity contribution in [3.8, 4) is 17.1 Å². The van der Waals surface area contributed by atoms with Crippen LogP contribution in [0.2, 0.25) is 0 Å². The normalized spacial score (nSPS) is 14.8. The van der Waals surface area contributed by atoms with E-state index in [1.54, 1.807) is 31.4 Å². The zero-order valence-electron chi connectivity index (χ0n) is 17.2. The fraction of sp³-hybridized carbons (Fsp3) is 0.240. The first kappa shape index (κ1) is 19.4. The van der Waals surface area contributed by atoms with Crippen LogP contribution in [0.25, 0.3) is 22.2 Å². The molecule has 1 saturated heterocycles. The fourth-order valence-corrected chi connectivity index (χ4v) is 4.36. The number of hydrogen-bond donors (Lipinski definition) is 1. The van der Waals surface area contributed by atoms with Gasteiger partial charge in [0.05, 0.1) is 7.11 Å². The predicted molar refractivity (Wildman–Crippen MR) is 117 cm³/mol. The maximum Gasteiger partial charge on any atom is 0.289 e. The molecule has 1 N–H and O–H groups in total. The number of halogens is 1. The summed E-state index contributed by atoms with van der Waals surface area (Å²) in [5, 5.41) is 1.18. The van der Waals surface area contributed by atoms with Crippen LogP contribution < -0.4 is 4.74 Å². The predicted octanol–water partition coefficient (Wildman–Crippen LogP) is 5.60. The molecular weight excluding hydrogens is 395 g/mol. The highest BCUT2D eigenvalue weighted by atomic mass is 19.1. The van der Waals surface area contributed by atoms with E-state index in [4.69, 9.17) is 9.15 Å². The molecule has 6 heteroatoms. The molecular formula is C25H23FN2O3. The number of likely N-dealkylation sites (tertiary alicyclic amines) is 1. The molecule has 1 amide bonds. The van der Waals surface area contributed by atoms with Crippen molar-refractivity contribution in [1.29, 1.82) is 0 Å². The molecule has 0 bridgehead atoms. The highest BCUT2D eigenvalue weighted by molar-refractivity contribution is 5.92. The van der Waals surface area contributed by atoms with Gasteiger partial charge < -0.3 is 19.0 Å². The van der Waals surface area contributed by atoms with Gasteiger partial charge in [0.25, 0.3) is 5.91 Å². The van der Waals surface area contributed by atoms with E-state index in [0.717, 1.165) is 29.7 Å². The average molecular weight is 418 g/mol. The minimum atomic E-state index is -0.303.